The fourth-order valence-corrected chi connectivity index (χ4v) is 3.36. The molecule has 1 atom stereocenters. The van der Waals surface area contributed by atoms with Crippen molar-refractivity contribution in [1.29, 1.82) is 0 Å². The molecule has 1 aliphatic rings. The number of amides is 1. The number of aromatic nitrogens is 1. The van der Waals surface area contributed by atoms with Crippen LogP contribution in [-0.2, 0) is 11.3 Å². The molecular weight excluding hydrogens is 338 g/mol. The lowest BCUT2D eigenvalue weighted by Crippen LogP contribution is -2.55. The Morgan fingerprint density at radius 3 is 2.76 bits per heavy atom. The number of aryl methyl sites for hydroxylation is 1. The molecule has 6 heteroatoms. The maximum absolute atomic E-state index is 12.6. The van der Waals surface area contributed by atoms with Crippen molar-refractivity contribution < 1.29 is 4.79 Å². The zero-order valence-corrected chi connectivity index (χ0v) is 15.4. The van der Waals surface area contributed by atoms with Crippen LogP contribution in [0.5, 0.6) is 0 Å². The SMILES string of the molecule is Cc1c[nH]c(CN2CC(=O)N(c3cccc(Cl)c3)C[C@@H]2C)c(C)c1=O. The molecule has 0 unspecified atom stereocenters. The van der Waals surface area contributed by atoms with Crippen LogP contribution in [0.3, 0.4) is 0 Å². The highest BCUT2D eigenvalue weighted by molar-refractivity contribution is 6.30. The molecule has 1 fully saturated rings. The number of pyridine rings is 1. The highest BCUT2D eigenvalue weighted by Crippen LogP contribution is 2.24. The first kappa shape index (κ1) is 17.7. The molecule has 25 heavy (non-hydrogen) atoms. The van der Waals surface area contributed by atoms with Gasteiger partial charge >= 0.3 is 0 Å². The standard InChI is InChI=1S/C19H22ClN3O2/c1-12-8-21-17(14(3)19(12)25)10-22-11-18(24)23(9-13(22)2)16-6-4-5-15(20)7-16/h4-8,13H,9-11H2,1-3H3,(H,21,25)/t13-/m0/s1. The van der Waals surface area contributed by atoms with Crippen LogP contribution in [0.1, 0.15) is 23.7 Å². The van der Waals surface area contributed by atoms with Crippen molar-refractivity contribution in [3.8, 4) is 0 Å². The van der Waals surface area contributed by atoms with Crippen molar-refractivity contribution in [1.82, 2.24) is 9.88 Å². The summed E-state index contributed by atoms with van der Waals surface area (Å²) in [5, 5.41) is 0.619. The van der Waals surface area contributed by atoms with E-state index in [1.807, 2.05) is 25.1 Å². The second-order valence-corrected chi connectivity index (χ2v) is 7.08. The number of aromatic amines is 1. The molecule has 0 bridgehead atoms. The van der Waals surface area contributed by atoms with Crippen LogP contribution in [0.4, 0.5) is 5.69 Å². The summed E-state index contributed by atoms with van der Waals surface area (Å²) >= 11 is 6.05. The average molecular weight is 360 g/mol. The predicted octanol–water partition coefficient (Wildman–Crippen LogP) is 2.88. The van der Waals surface area contributed by atoms with Crippen molar-refractivity contribution in [2.24, 2.45) is 0 Å². The number of nitrogens with zero attached hydrogens (tertiary/aromatic N) is 2. The van der Waals surface area contributed by atoms with Gasteiger partial charge in [-0.2, -0.15) is 0 Å². The van der Waals surface area contributed by atoms with Crippen LogP contribution in [0, 0.1) is 13.8 Å². The minimum atomic E-state index is 0.0347. The molecule has 1 aliphatic heterocycles. The van der Waals surface area contributed by atoms with E-state index >= 15 is 0 Å². The van der Waals surface area contributed by atoms with Crippen LogP contribution in [0.15, 0.2) is 35.3 Å². The first-order chi connectivity index (χ1) is 11.9. The summed E-state index contributed by atoms with van der Waals surface area (Å²) in [7, 11) is 0. The Morgan fingerprint density at radius 2 is 2.04 bits per heavy atom. The van der Waals surface area contributed by atoms with E-state index in [2.05, 4.69) is 16.8 Å². The smallest absolute Gasteiger partial charge is 0.241 e. The summed E-state index contributed by atoms with van der Waals surface area (Å²) in [5.41, 5.74) is 3.17. The van der Waals surface area contributed by atoms with Crippen LogP contribution in [0.25, 0.3) is 0 Å². The first-order valence-corrected chi connectivity index (χ1v) is 8.72. The molecule has 1 N–H and O–H groups in total. The van der Waals surface area contributed by atoms with Gasteiger partial charge in [0.15, 0.2) is 5.43 Å². The Labute approximate surface area is 152 Å². The molecule has 2 heterocycles. The molecule has 0 aliphatic carbocycles. The van der Waals surface area contributed by atoms with Gasteiger partial charge < -0.3 is 9.88 Å². The number of H-pyrrole nitrogens is 1. The van der Waals surface area contributed by atoms with E-state index in [1.165, 1.54) is 0 Å². The van der Waals surface area contributed by atoms with Gasteiger partial charge in [0.05, 0.1) is 6.54 Å². The molecule has 0 saturated carbocycles. The number of hydrogen-bond donors (Lipinski definition) is 1. The van der Waals surface area contributed by atoms with E-state index in [0.717, 1.165) is 16.9 Å². The number of anilines is 1. The lowest BCUT2D eigenvalue weighted by molar-refractivity contribution is -0.122. The van der Waals surface area contributed by atoms with Crippen LogP contribution < -0.4 is 10.3 Å². The number of hydrogen-bond acceptors (Lipinski definition) is 3. The molecule has 3 rings (SSSR count). The van der Waals surface area contributed by atoms with Crippen molar-refractivity contribution in [2.45, 2.75) is 33.4 Å². The van der Waals surface area contributed by atoms with Crippen LogP contribution >= 0.6 is 11.6 Å². The summed E-state index contributed by atoms with van der Waals surface area (Å²) < 4.78 is 0. The summed E-state index contributed by atoms with van der Waals surface area (Å²) in [6.45, 7) is 7.17. The lowest BCUT2D eigenvalue weighted by atomic mass is 10.1. The topological polar surface area (TPSA) is 56.4 Å². The fourth-order valence-electron chi connectivity index (χ4n) is 3.17. The van der Waals surface area contributed by atoms with Gasteiger partial charge in [-0.3, -0.25) is 14.5 Å². The van der Waals surface area contributed by atoms with Gasteiger partial charge in [0.2, 0.25) is 5.91 Å². The third-order valence-corrected chi connectivity index (χ3v) is 5.04. The van der Waals surface area contributed by atoms with Gasteiger partial charge in [-0.15, -0.1) is 0 Å². The average Bonchev–Trinajstić information content (AvgIpc) is 2.58. The Kier molecular flexibility index (Phi) is 4.97. The molecule has 0 spiro atoms. The zero-order chi connectivity index (χ0) is 18.1. The first-order valence-electron chi connectivity index (χ1n) is 8.34. The predicted molar refractivity (Wildman–Crippen MR) is 100 cm³/mol. The van der Waals surface area contributed by atoms with Gasteiger partial charge in [-0.25, -0.2) is 0 Å². The van der Waals surface area contributed by atoms with Crippen molar-refractivity contribution >= 4 is 23.2 Å². The van der Waals surface area contributed by atoms with Gasteiger partial charge in [-0.05, 0) is 39.0 Å². The normalized spacial score (nSPS) is 18.6. The van der Waals surface area contributed by atoms with Gasteiger partial charge in [0.25, 0.3) is 0 Å². The van der Waals surface area contributed by atoms with Crippen LogP contribution in [-0.4, -0.2) is 34.9 Å². The third kappa shape index (κ3) is 3.62. The Morgan fingerprint density at radius 1 is 1.28 bits per heavy atom. The number of piperazine rings is 1. The third-order valence-electron chi connectivity index (χ3n) is 4.80. The Bertz CT molecular complexity index is 862. The Hall–Kier alpha value is -2.11. The molecule has 1 aromatic carbocycles. The highest BCUT2D eigenvalue weighted by atomic mass is 35.5. The number of nitrogens with one attached hydrogen (secondary N) is 1. The maximum atomic E-state index is 12.6. The maximum Gasteiger partial charge on any atom is 0.241 e. The summed E-state index contributed by atoms with van der Waals surface area (Å²) in [6, 6.07) is 7.52. The molecule has 132 valence electrons. The van der Waals surface area contributed by atoms with E-state index in [1.54, 1.807) is 24.1 Å². The number of halogens is 1. The quantitative estimate of drug-likeness (QED) is 0.916. The molecule has 1 aromatic heterocycles. The molecule has 1 amide bonds. The fraction of sp³-hybridized carbons (Fsp3) is 0.368. The van der Waals surface area contributed by atoms with E-state index in [4.69, 9.17) is 11.6 Å². The lowest BCUT2D eigenvalue weighted by Gasteiger charge is -2.39. The van der Waals surface area contributed by atoms with Gasteiger partial charge in [0, 0.05) is 52.9 Å². The van der Waals surface area contributed by atoms with Crippen molar-refractivity contribution in [3.05, 3.63) is 62.5 Å². The summed E-state index contributed by atoms with van der Waals surface area (Å²) in [4.78, 5) is 31.8. The Balaban J connectivity index is 1.78. The summed E-state index contributed by atoms with van der Waals surface area (Å²) in [6.07, 6.45) is 1.74. The second kappa shape index (κ2) is 7.02. The molecule has 1 saturated heterocycles. The molecule has 0 radical (unpaired) electrons. The van der Waals surface area contributed by atoms with Gasteiger partial charge in [-0.1, -0.05) is 17.7 Å². The minimum absolute atomic E-state index is 0.0347. The summed E-state index contributed by atoms with van der Waals surface area (Å²) in [5.74, 6) is 0.0347. The van der Waals surface area contributed by atoms with E-state index < -0.39 is 0 Å². The van der Waals surface area contributed by atoms with Gasteiger partial charge in [0.1, 0.15) is 0 Å². The molecular formula is C19H22ClN3O2. The second-order valence-electron chi connectivity index (χ2n) is 6.64. The van der Waals surface area contributed by atoms with Crippen molar-refractivity contribution in [2.75, 3.05) is 18.0 Å². The number of benzene rings is 1. The minimum Gasteiger partial charge on any atom is -0.363 e. The number of carbonyl (C=O) groups excluding carboxylic acids is 1. The largest absolute Gasteiger partial charge is 0.363 e. The van der Waals surface area contributed by atoms with Crippen LogP contribution in [0.2, 0.25) is 5.02 Å². The van der Waals surface area contributed by atoms with E-state index in [9.17, 15) is 9.59 Å². The molecule has 2 aromatic rings. The van der Waals surface area contributed by atoms with E-state index in [-0.39, 0.29) is 17.4 Å². The zero-order valence-electron chi connectivity index (χ0n) is 14.7. The van der Waals surface area contributed by atoms with E-state index in [0.29, 0.717) is 30.2 Å². The molecule has 5 nitrogen and oxygen atoms in total. The van der Waals surface area contributed by atoms with Crippen molar-refractivity contribution in [3.63, 3.8) is 0 Å². The highest BCUT2D eigenvalue weighted by Gasteiger charge is 2.30. The number of carbonyl (C=O) groups is 1. The number of rotatable bonds is 3. The monoisotopic (exact) mass is 359 g/mol.